The minimum absolute atomic E-state index is 0.144. The van der Waals surface area contributed by atoms with E-state index in [2.05, 4.69) is 33.4 Å². The van der Waals surface area contributed by atoms with Crippen molar-refractivity contribution in [1.82, 2.24) is 10.2 Å². The second kappa shape index (κ2) is 5.57. The van der Waals surface area contributed by atoms with Crippen LogP contribution in [0.25, 0.3) is 0 Å². The number of nitrogens with zero attached hydrogens (tertiary/aromatic N) is 1. The lowest BCUT2D eigenvalue weighted by atomic mass is 9.90. The van der Waals surface area contributed by atoms with Gasteiger partial charge in [-0.15, -0.1) is 0 Å². The van der Waals surface area contributed by atoms with Crippen LogP contribution >= 0.6 is 15.9 Å². The first-order chi connectivity index (χ1) is 10.4. The third-order valence-corrected chi connectivity index (χ3v) is 5.20. The summed E-state index contributed by atoms with van der Waals surface area (Å²) in [6.45, 7) is 2.48. The molecule has 22 heavy (non-hydrogen) atoms. The Kier molecular flexibility index (Phi) is 3.89. The molecule has 118 valence electrons. The molecule has 1 saturated carbocycles. The Bertz CT molecular complexity index is 604. The van der Waals surface area contributed by atoms with Gasteiger partial charge in [0.15, 0.2) is 0 Å². The average Bonchev–Trinajstić information content (AvgIpc) is 3.10. The first-order valence-electron chi connectivity index (χ1n) is 7.43. The topological polar surface area (TPSA) is 69.6 Å². The summed E-state index contributed by atoms with van der Waals surface area (Å²) < 4.78 is 1.04. The lowest BCUT2D eigenvalue weighted by molar-refractivity contribution is -0.146. The molecule has 0 aromatic heterocycles. The Hall–Kier alpha value is -1.56. The normalized spacial score (nSPS) is 30.2. The number of benzene rings is 1. The second-order valence-electron chi connectivity index (χ2n) is 6.49. The summed E-state index contributed by atoms with van der Waals surface area (Å²) in [5.74, 6) is -0.465. The van der Waals surface area contributed by atoms with E-state index in [9.17, 15) is 14.7 Å². The molecule has 1 aliphatic heterocycles. The van der Waals surface area contributed by atoms with Gasteiger partial charge in [0.2, 0.25) is 0 Å². The van der Waals surface area contributed by atoms with Crippen LogP contribution in [0.4, 0.5) is 4.79 Å². The number of urea groups is 1. The molecule has 1 saturated heterocycles. The molecule has 2 aliphatic rings. The standard InChI is InChI=1S/C16H19BrN2O3/c1-16(14(20)21)6-7-19(9-16)15(22)18-13-8-12(13)10-2-4-11(17)5-3-10/h2-5,12-13H,6-9H2,1H3,(H,18,22)(H,20,21)/t12-,13+,16?/m0/s1. The van der Waals surface area contributed by atoms with E-state index >= 15 is 0 Å². The summed E-state index contributed by atoms with van der Waals surface area (Å²) in [7, 11) is 0. The monoisotopic (exact) mass is 366 g/mol. The molecule has 5 nitrogen and oxygen atoms in total. The maximum atomic E-state index is 12.3. The van der Waals surface area contributed by atoms with E-state index in [0.29, 0.717) is 18.9 Å². The summed E-state index contributed by atoms with van der Waals surface area (Å²) >= 11 is 3.41. The predicted octanol–water partition coefficient (Wildman–Crippen LogP) is 2.81. The smallest absolute Gasteiger partial charge is 0.317 e. The molecule has 0 radical (unpaired) electrons. The zero-order chi connectivity index (χ0) is 15.9. The van der Waals surface area contributed by atoms with Crippen LogP contribution in [-0.2, 0) is 4.79 Å². The van der Waals surface area contributed by atoms with Crippen LogP contribution in [0.15, 0.2) is 28.7 Å². The largest absolute Gasteiger partial charge is 0.481 e. The van der Waals surface area contributed by atoms with Crippen molar-refractivity contribution in [1.29, 1.82) is 0 Å². The van der Waals surface area contributed by atoms with Crippen LogP contribution in [0.2, 0.25) is 0 Å². The SMILES string of the molecule is CC1(C(=O)O)CCN(C(=O)N[C@@H]2C[C@H]2c2ccc(Br)cc2)C1. The first-order valence-corrected chi connectivity index (χ1v) is 8.23. The molecular weight excluding hydrogens is 348 g/mol. The summed E-state index contributed by atoms with van der Waals surface area (Å²) in [4.78, 5) is 25.1. The molecule has 2 amide bonds. The van der Waals surface area contributed by atoms with E-state index < -0.39 is 11.4 Å². The van der Waals surface area contributed by atoms with Gasteiger partial charge in [0.25, 0.3) is 0 Å². The van der Waals surface area contributed by atoms with E-state index in [1.165, 1.54) is 5.56 Å². The Morgan fingerprint density at radius 2 is 2.05 bits per heavy atom. The number of hydrogen-bond acceptors (Lipinski definition) is 2. The number of aliphatic carboxylic acids is 1. The van der Waals surface area contributed by atoms with Crippen molar-refractivity contribution in [3.8, 4) is 0 Å². The number of rotatable bonds is 3. The van der Waals surface area contributed by atoms with Gasteiger partial charge in [0.1, 0.15) is 0 Å². The first kappa shape index (κ1) is 15.3. The summed E-state index contributed by atoms with van der Waals surface area (Å²) in [5, 5.41) is 12.2. The number of nitrogens with one attached hydrogen (secondary N) is 1. The third-order valence-electron chi connectivity index (χ3n) is 4.67. The fourth-order valence-electron chi connectivity index (χ4n) is 2.99. The molecule has 3 atom stereocenters. The fourth-order valence-corrected chi connectivity index (χ4v) is 3.26. The Labute approximate surface area is 137 Å². The van der Waals surface area contributed by atoms with E-state index in [0.717, 1.165) is 10.9 Å². The zero-order valence-corrected chi connectivity index (χ0v) is 14.0. The highest BCUT2D eigenvalue weighted by molar-refractivity contribution is 9.10. The minimum atomic E-state index is -0.832. The molecule has 1 aliphatic carbocycles. The highest BCUT2D eigenvalue weighted by Gasteiger charge is 2.45. The van der Waals surface area contributed by atoms with Crippen LogP contribution in [0, 0.1) is 5.41 Å². The van der Waals surface area contributed by atoms with Crippen molar-refractivity contribution in [2.45, 2.75) is 31.7 Å². The van der Waals surface area contributed by atoms with E-state index in [4.69, 9.17) is 0 Å². The number of carboxylic acids is 1. The molecule has 0 spiro atoms. The maximum Gasteiger partial charge on any atom is 0.317 e. The summed E-state index contributed by atoms with van der Waals surface area (Å²) in [6, 6.07) is 8.16. The number of carbonyl (C=O) groups is 2. The van der Waals surface area contributed by atoms with Gasteiger partial charge < -0.3 is 15.3 Å². The summed E-state index contributed by atoms with van der Waals surface area (Å²) in [5.41, 5.74) is 0.414. The van der Waals surface area contributed by atoms with Gasteiger partial charge >= 0.3 is 12.0 Å². The van der Waals surface area contributed by atoms with Gasteiger partial charge in [-0.25, -0.2) is 4.79 Å². The second-order valence-corrected chi connectivity index (χ2v) is 7.40. The Balaban J connectivity index is 1.54. The van der Waals surface area contributed by atoms with Crippen molar-refractivity contribution in [2.24, 2.45) is 5.41 Å². The quantitative estimate of drug-likeness (QED) is 0.863. The van der Waals surface area contributed by atoms with Crippen molar-refractivity contribution < 1.29 is 14.7 Å². The number of likely N-dealkylation sites (tertiary alicyclic amines) is 1. The van der Waals surface area contributed by atoms with Crippen LogP contribution in [-0.4, -0.2) is 41.1 Å². The van der Waals surface area contributed by atoms with Crippen LogP contribution in [0.3, 0.4) is 0 Å². The molecular formula is C16H19BrN2O3. The van der Waals surface area contributed by atoms with Gasteiger partial charge in [-0.2, -0.15) is 0 Å². The number of hydrogen-bond donors (Lipinski definition) is 2. The molecule has 0 bridgehead atoms. The van der Waals surface area contributed by atoms with Crippen LogP contribution < -0.4 is 5.32 Å². The highest BCUT2D eigenvalue weighted by Crippen LogP contribution is 2.41. The van der Waals surface area contributed by atoms with E-state index in [1.54, 1.807) is 11.8 Å². The molecule has 2 fully saturated rings. The van der Waals surface area contributed by atoms with Gasteiger partial charge in [-0.05, 0) is 37.5 Å². The molecule has 3 rings (SSSR count). The molecule has 1 heterocycles. The number of carbonyl (C=O) groups excluding carboxylic acids is 1. The number of carboxylic acid groups (broad SMARTS) is 1. The van der Waals surface area contributed by atoms with Gasteiger partial charge in [-0.1, -0.05) is 28.1 Å². The fraction of sp³-hybridized carbons (Fsp3) is 0.500. The lowest BCUT2D eigenvalue weighted by Crippen LogP contribution is -2.42. The average molecular weight is 367 g/mol. The van der Waals surface area contributed by atoms with Crippen LogP contribution in [0.5, 0.6) is 0 Å². The van der Waals surface area contributed by atoms with E-state index in [1.807, 2.05) is 12.1 Å². The maximum absolute atomic E-state index is 12.3. The van der Waals surface area contributed by atoms with Crippen LogP contribution in [0.1, 0.15) is 31.2 Å². The molecule has 2 N–H and O–H groups in total. The Morgan fingerprint density at radius 1 is 1.36 bits per heavy atom. The predicted molar refractivity (Wildman–Crippen MR) is 85.8 cm³/mol. The zero-order valence-electron chi connectivity index (χ0n) is 12.4. The Morgan fingerprint density at radius 3 is 2.64 bits per heavy atom. The number of amides is 2. The summed E-state index contributed by atoms with van der Waals surface area (Å²) in [6.07, 6.45) is 1.45. The minimum Gasteiger partial charge on any atom is -0.481 e. The third kappa shape index (κ3) is 2.97. The van der Waals surface area contributed by atoms with Gasteiger partial charge in [0.05, 0.1) is 5.41 Å². The van der Waals surface area contributed by atoms with Gasteiger partial charge in [-0.3, -0.25) is 4.79 Å². The highest BCUT2D eigenvalue weighted by atomic mass is 79.9. The molecule has 1 aromatic rings. The van der Waals surface area contributed by atoms with Crippen molar-refractivity contribution in [3.05, 3.63) is 34.3 Å². The van der Waals surface area contributed by atoms with E-state index in [-0.39, 0.29) is 18.6 Å². The molecule has 1 aromatic carbocycles. The van der Waals surface area contributed by atoms with Crippen molar-refractivity contribution >= 4 is 27.9 Å². The number of halogens is 1. The van der Waals surface area contributed by atoms with Crippen molar-refractivity contribution in [3.63, 3.8) is 0 Å². The molecule has 1 unspecified atom stereocenters. The van der Waals surface area contributed by atoms with Crippen molar-refractivity contribution in [2.75, 3.05) is 13.1 Å². The molecule has 6 heteroatoms. The lowest BCUT2D eigenvalue weighted by Gasteiger charge is -2.20. The van der Waals surface area contributed by atoms with Gasteiger partial charge in [0, 0.05) is 29.5 Å².